The maximum absolute atomic E-state index is 14.4. The van der Waals surface area contributed by atoms with Crippen LogP contribution in [0.3, 0.4) is 0 Å². The highest BCUT2D eigenvalue weighted by Crippen LogP contribution is 2.45. The maximum Gasteiger partial charge on any atom is 0.246 e. The third kappa shape index (κ3) is 4.65. The number of fused-ring (bicyclic) bond motifs is 2. The number of aromatic nitrogens is 6. The molecule has 0 N–H and O–H groups in total. The molecule has 5 heterocycles. The summed E-state index contributed by atoms with van der Waals surface area (Å²) in [6.07, 6.45) is 4.98. The molecule has 5 aromatic rings. The zero-order valence-electron chi connectivity index (χ0n) is 22.0. The molecule has 0 unspecified atom stereocenters. The molecule has 0 bridgehead atoms. The second kappa shape index (κ2) is 10.6. The molecule has 0 saturated heterocycles. The first-order chi connectivity index (χ1) is 19.5. The number of benzene rings is 1. The quantitative estimate of drug-likeness (QED) is 0.206. The van der Waals surface area contributed by atoms with Crippen molar-refractivity contribution in [1.82, 2.24) is 34.4 Å². The molecule has 0 saturated carbocycles. The molecule has 1 amide bonds. The first-order valence-electron chi connectivity index (χ1n) is 12.6. The standard InChI is InChI=1S/C28H26FN7O3S/c1-4-23(37)35-8-9-36-22(16-35)31-28(33-36)26-24(19-6-5-18(29)13-21(19)39-11-10-38-3)27-20(7-12-40-27)25(32-26)17-14-30-34(2)15-17/h4-7,12-15H,1,8-11,16H2,2-3H3. The number of halogens is 1. The molecule has 204 valence electrons. The fourth-order valence-electron chi connectivity index (χ4n) is 4.81. The molecule has 12 heteroatoms. The lowest BCUT2D eigenvalue weighted by Crippen LogP contribution is -2.37. The van der Waals surface area contributed by atoms with Gasteiger partial charge in [0.25, 0.3) is 0 Å². The van der Waals surface area contributed by atoms with Gasteiger partial charge >= 0.3 is 0 Å². The van der Waals surface area contributed by atoms with E-state index in [-0.39, 0.29) is 12.5 Å². The van der Waals surface area contributed by atoms with Gasteiger partial charge in [-0.1, -0.05) is 6.58 Å². The van der Waals surface area contributed by atoms with E-state index >= 15 is 0 Å². The highest BCUT2D eigenvalue weighted by Gasteiger charge is 2.28. The molecule has 6 rings (SSSR count). The molecule has 4 aromatic heterocycles. The van der Waals surface area contributed by atoms with Gasteiger partial charge in [-0.2, -0.15) is 5.10 Å². The van der Waals surface area contributed by atoms with E-state index in [1.54, 1.807) is 45.0 Å². The number of methoxy groups -OCH3 is 1. The van der Waals surface area contributed by atoms with Crippen molar-refractivity contribution < 1.29 is 18.7 Å². The van der Waals surface area contributed by atoms with Gasteiger partial charge in [0.15, 0.2) is 0 Å². The van der Waals surface area contributed by atoms with Crippen molar-refractivity contribution in [2.45, 2.75) is 13.1 Å². The van der Waals surface area contributed by atoms with Crippen LogP contribution in [0.25, 0.3) is 44.0 Å². The van der Waals surface area contributed by atoms with Crippen LogP contribution in [0.1, 0.15) is 5.82 Å². The Bertz CT molecular complexity index is 1740. The Balaban J connectivity index is 1.58. The Kier molecular flexibility index (Phi) is 6.86. The van der Waals surface area contributed by atoms with Crippen molar-refractivity contribution >= 4 is 27.3 Å². The van der Waals surface area contributed by atoms with Gasteiger partial charge in [0, 0.05) is 59.7 Å². The van der Waals surface area contributed by atoms with Crippen LogP contribution in [0.5, 0.6) is 5.75 Å². The van der Waals surface area contributed by atoms with Gasteiger partial charge in [0.1, 0.15) is 29.7 Å². The summed E-state index contributed by atoms with van der Waals surface area (Å²) in [5, 5.41) is 12.1. The molecular formula is C28H26FN7O3S. The topological polar surface area (TPSA) is 100 Å². The second-order valence-corrected chi connectivity index (χ2v) is 10.2. The molecule has 1 aliphatic heterocycles. The minimum atomic E-state index is -0.414. The number of thiophene rings is 1. The number of carbonyl (C=O) groups is 1. The highest BCUT2D eigenvalue weighted by molar-refractivity contribution is 7.18. The number of amides is 1. The summed E-state index contributed by atoms with van der Waals surface area (Å²) in [6.45, 7) is 5.51. The summed E-state index contributed by atoms with van der Waals surface area (Å²) in [5.74, 6) is 0.857. The average molecular weight is 560 g/mol. The summed E-state index contributed by atoms with van der Waals surface area (Å²) in [6, 6.07) is 6.48. The summed E-state index contributed by atoms with van der Waals surface area (Å²) < 4.78 is 30.0. The molecule has 0 radical (unpaired) electrons. The van der Waals surface area contributed by atoms with Gasteiger partial charge in [-0.3, -0.25) is 9.48 Å². The molecule has 10 nitrogen and oxygen atoms in total. The predicted molar refractivity (Wildman–Crippen MR) is 149 cm³/mol. The Hall–Kier alpha value is -4.42. The first kappa shape index (κ1) is 25.8. The summed E-state index contributed by atoms with van der Waals surface area (Å²) in [4.78, 5) is 23.9. The Morgan fingerprint density at radius 3 is 2.85 bits per heavy atom. The average Bonchev–Trinajstić information content (AvgIpc) is 3.71. The maximum atomic E-state index is 14.4. The largest absolute Gasteiger partial charge is 0.490 e. The highest BCUT2D eigenvalue weighted by atomic mass is 32.1. The van der Waals surface area contributed by atoms with E-state index in [0.717, 1.165) is 26.9 Å². The monoisotopic (exact) mass is 559 g/mol. The van der Waals surface area contributed by atoms with Crippen LogP contribution < -0.4 is 4.74 Å². The van der Waals surface area contributed by atoms with E-state index in [0.29, 0.717) is 54.9 Å². The minimum absolute atomic E-state index is 0.155. The molecule has 40 heavy (non-hydrogen) atoms. The number of aryl methyl sites for hydroxylation is 1. The SMILES string of the molecule is C=CC(=O)N1CCn2nc(-c3nc(-c4cnn(C)c4)c4ccsc4c3-c3ccc(F)cc3OCCOC)nc2C1. The molecule has 0 fully saturated rings. The molecular weight excluding hydrogens is 533 g/mol. The normalized spacial score (nSPS) is 13.0. The van der Waals surface area contributed by atoms with Crippen LogP contribution in [0.15, 0.2) is 54.7 Å². The lowest BCUT2D eigenvalue weighted by atomic mass is 9.98. The van der Waals surface area contributed by atoms with Gasteiger partial charge in [0.2, 0.25) is 11.7 Å². The Morgan fingerprint density at radius 1 is 1.20 bits per heavy atom. The van der Waals surface area contributed by atoms with E-state index in [2.05, 4.69) is 11.7 Å². The van der Waals surface area contributed by atoms with Crippen molar-refractivity contribution in [2.75, 3.05) is 26.9 Å². The zero-order chi connectivity index (χ0) is 27.8. The number of hydrogen-bond donors (Lipinski definition) is 0. The molecule has 1 aromatic carbocycles. The second-order valence-electron chi connectivity index (χ2n) is 9.27. The van der Waals surface area contributed by atoms with E-state index in [1.807, 2.05) is 24.7 Å². The van der Waals surface area contributed by atoms with Gasteiger partial charge in [-0.15, -0.1) is 16.4 Å². The van der Waals surface area contributed by atoms with E-state index < -0.39 is 5.82 Å². The smallest absolute Gasteiger partial charge is 0.246 e. The van der Waals surface area contributed by atoms with Crippen molar-refractivity contribution in [1.29, 1.82) is 0 Å². The van der Waals surface area contributed by atoms with Crippen LogP contribution >= 0.6 is 11.3 Å². The van der Waals surface area contributed by atoms with Crippen molar-refractivity contribution in [3.8, 4) is 39.7 Å². The number of hydrogen-bond acceptors (Lipinski definition) is 8. The van der Waals surface area contributed by atoms with Gasteiger partial charge < -0.3 is 14.4 Å². The van der Waals surface area contributed by atoms with Gasteiger partial charge in [-0.25, -0.2) is 19.0 Å². The Labute approximate surface area is 233 Å². The zero-order valence-corrected chi connectivity index (χ0v) is 22.8. The molecule has 0 spiro atoms. The van der Waals surface area contributed by atoms with Crippen LogP contribution in [0.4, 0.5) is 4.39 Å². The van der Waals surface area contributed by atoms with Crippen LogP contribution in [-0.4, -0.2) is 67.2 Å². The number of pyridine rings is 1. The number of rotatable bonds is 8. The van der Waals surface area contributed by atoms with Gasteiger partial charge in [-0.05, 0) is 29.7 Å². The fraction of sp³-hybridized carbons (Fsp3) is 0.250. The van der Waals surface area contributed by atoms with Crippen LogP contribution in [0, 0.1) is 5.82 Å². The first-order valence-corrected chi connectivity index (χ1v) is 13.5. The van der Waals surface area contributed by atoms with Crippen LogP contribution in [-0.2, 0) is 29.7 Å². The van der Waals surface area contributed by atoms with Gasteiger partial charge in [0.05, 0.1) is 31.6 Å². The van der Waals surface area contributed by atoms with E-state index in [4.69, 9.17) is 24.5 Å². The van der Waals surface area contributed by atoms with Crippen molar-refractivity contribution in [3.05, 3.63) is 66.3 Å². The number of ether oxygens (including phenoxy) is 2. The van der Waals surface area contributed by atoms with Crippen molar-refractivity contribution in [2.24, 2.45) is 7.05 Å². The lowest BCUT2D eigenvalue weighted by Gasteiger charge is -2.25. The molecule has 0 aliphatic carbocycles. The minimum Gasteiger partial charge on any atom is -0.490 e. The fourth-order valence-corrected chi connectivity index (χ4v) is 5.77. The molecule has 0 atom stereocenters. The molecule has 1 aliphatic rings. The number of nitrogens with zero attached hydrogens (tertiary/aromatic N) is 7. The Morgan fingerprint density at radius 2 is 2.08 bits per heavy atom. The summed E-state index contributed by atoms with van der Waals surface area (Å²) >= 11 is 1.55. The van der Waals surface area contributed by atoms with E-state index in [1.165, 1.54) is 18.2 Å². The summed E-state index contributed by atoms with van der Waals surface area (Å²) in [5.41, 5.74) is 3.53. The summed E-state index contributed by atoms with van der Waals surface area (Å²) in [7, 11) is 3.44. The number of carbonyl (C=O) groups excluding carboxylic acids is 1. The predicted octanol–water partition coefficient (Wildman–Crippen LogP) is 4.31. The third-order valence-corrected chi connectivity index (χ3v) is 7.64. The van der Waals surface area contributed by atoms with E-state index in [9.17, 15) is 9.18 Å². The lowest BCUT2D eigenvalue weighted by molar-refractivity contribution is -0.127. The van der Waals surface area contributed by atoms with Crippen LogP contribution in [0.2, 0.25) is 0 Å². The van der Waals surface area contributed by atoms with Crippen molar-refractivity contribution in [3.63, 3.8) is 0 Å². The third-order valence-electron chi connectivity index (χ3n) is 6.70.